The summed E-state index contributed by atoms with van der Waals surface area (Å²) in [5.41, 5.74) is 6.29. The minimum absolute atomic E-state index is 0.400. The van der Waals surface area contributed by atoms with Gasteiger partial charge in [0.1, 0.15) is 11.0 Å². The van der Waals surface area contributed by atoms with Gasteiger partial charge in [-0.3, -0.25) is 4.21 Å². The number of anilines is 2. The normalized spacial score (nSPS) is 18.1. The quantitative estimate of drug-likeness (QED) is 0.747. The molecule has 0 spiro atoms. The van der Waals surface area contributed by atoms with Crippen molar-refractivity contribution in [1.29, 1.82) is 0 Å². The van der Waals surface area contributed by atoms with E-state index >= 15 is 0 Å². The van der Waals surface area contributed by atoms with Gasteiger partial charge in [-0.1, -0.05) is 11.6 Å². The predicted molar refractivity (Wildman–Crippen MR) is 63.7 cm³/mol. The van der Waals surface area contributed by atoms with Crippen LogP contribution in [0.3, 0.4) is 0 Å². The third-order valence-corrected chi connectivity index (χ3v) is 3.77. The van der Waals surface area contributed by atoms with Crippen molar-refractivity contribution in [2.75, 3.05) is 35.2 Å². The third kappa shape index (κ3) is 2.60. The second-order valence-corrected chi connectivity index (χ2v) is 5.50. The Labute approximate surface area is 95.9 Å². The van der Waals surface area contributed by atoms with E-state index in [-0.39, 0.29) is 0 Å². The molecule has 1 aromatic heterocycles. The molecule has 1 aromatic rings. The number of hydrogen-bond donors (Lipinski definition) is 1. The Morgan fingerprint density at radius 3 is 2.67 bits per heavy atom. The van der Waals surface area contributed by atoms with Crippen LogP contribution in [-0.2, 0) is 10.8 Å². The van der Waals surface area contributed by atoms with Gasteiger partial charge in [0.05, 0.1) is 0 Å². The van der Waals surface area contributed by atoms with Crippen LogP contribution < -0.4 is 10.6 Å². The Balaban J connectivity index is 2.18. The molecule has 1 saturated heterocycles. The van der Waals surface area contributed by atoms with Crippen molar-refractivity contribution >= 4 is 33.9 Å². The van der Waals surface area contributed by atoms with Gasteiger partial charge in [-0.05, 0) is 6.07 Å². The molecule has 0 aromatic carbocycles. The molecule has 1 aliphatic rings. The average Bonchev–Trinajstić information content (AvgIpc) is 2.17. The lowest BCUT2D eigenvalue weighted by Crippen LogP contribution is -2.38. The Morgan fingerprint density at radius 2 is 2.07 bits per heavy atom. The van der Waals surface area contributed by atoms with Crippen LogP contribution >= 0.6 is 11.6 Å². The average molecular weight is 246 g/mol. The first kappa shape index (κ1) is 10.7. The number of nitrogen functional groups attached to an aromatic ring is 1. The summed E-state index contributed by atoms with van der Waals surface area (Å²) in [6.45, 7) is 1.50. The Morgan fingerprint density at radius 1 is 1.40 bits per heavy atom. The monoisotopic (exact) mass is 245 g/mol. The molecular formula is C9H12ClN3OS. The lowest BCUT2D eigenvalue weighted by atomic mass is 10.3. The topological polar surface area (TPSA) is 59.2 Å². The zero-order chi connectivity index (χ0) is 10.8. The number of hydrogen-bond acceptors (Lipinski definition) is 4. The van der Waals surface area contributed by atoms with Crippen molar-refractivity contribution in [2.45, 2.75) is 0 Å². The van der Waals surface area contributed by atoms with Gasteiger partial charge < -0.3 is 10.6 Å². The third-order valence-electron chi connectivity index (χ3n) is 2.30. The fourth-order valence-corrected chi connectivity index (χ4v) is 2.80. The van der Waals surface area contributed by atoms with E-state index in [2.05, 4.69) is 9.88 Å². The van der Waals surface area contributed by atoms with Crippen LogP contribution in [-0.4, -0.2) is 33.8 Å². The standard InChI is InChI=1S/C9H12ClN3OS/c10-8-5-7(11)6-9(12-8)13-1-3-15(14)4-2-13/h5-6H,1-4H2,(H2,11,12). The Kier molecular flexibility index (Phi) is 3.11. The van der Waals surface area contributed by atoms with E-state index in [0.717, 1.165) is 18.9 Å². The van der Waals surface area contributed by atoms with Crippen molar-refractivity contribution in [1.82, 2.24) is 4.98 Å². The molecule has 0 atom stereocenters. The second kappa shape index (κ2) is 4.37. The summed E-state index contributed by atoms with van der Waals surface area (Å²) in [5.74, 6) is 2.15. The number of aromatic nitrogens is 1. The molecule has 0 radical (unpaired) electrons. The highest BCUT2D eigenvalue weighted by atomic mass is 35.5. The number of nitrogens with zero attached hydrogens (tertiary/aromatic N) is 2. The lowest BCUT2D eigenvalue weighted by Gasteiger charge is -2.27. The molecule has 1 aliphatic heterocycles. The lowest BCUT2D eigenvalue weighted by molar-refractivity contribution is 0.672. The molecule has 0 saturated carbocycles. The van der Waals surface area contributed by atoms with Gasteiger partial charge in [0.15, 0.2) is 0 Å². The van der Waals surface area contributed by atoms with Crippen LogP contribution in [0.15, 0.2) is 12.1 Å². The van der Waals surface area contributed by atoms with E-state index in [4.69, 9.17) is 17.3 Å². The fraction of sp³-hybridized carbons (Fsp3) is 0.444. The van der Waals surface area contributed by atoms with E-state index in [0.29, 0.717) is 22.3 Å². The maximum absolute atomic E-state index is 11.2. The second-order valence-electron chi connectivity index (χ2n) is 3.42. The van der Waals surface area contributed by atoms with Gasteiger partial charge in [0.2, 0.25) is 0 Å². The van der Waals surface area contributed by atoms with Gasteiger partial charge in [-0.15, -0.1) is 0 Å². The molecule has 1 fully saturated rings. The maximum atomic E-state index is 11.2. The summed E-state index contributed by atoms with van der Waals surface area (Å²) in [6, 6.07) is 3.41. The zero-order valence-electron chi connectivity index (χ0n) is 8.15. The van der Waals surface area contributed by atoms with Gasteiger partial charge >= 0.3 is 0 Å². The molecular weight excluding hydrogens is 234 g/mol. The Bertz CT molecular complexity index is 369. The van der Waals surface area contributed by atoms with Crippen molar-refractivity contribution in [3.8, 4) is 0 Å². The summed E-state index contributed by atoms with van der Waals surface area (Å²) >= 11 is 5.82. The van der Waals surface area contributed by atoms with E-state index in [1.165, 1.54) is 0 Å². The highest BCUT2D eigenvalue weighted by Gasteiger charge is 2.16. The summed E-state index contributed by atoms with van der Waals surface area (Å²) in [6.07, 6.45) is 0. The van der Waals surface area contributed by atoms with Gasteiger partial charge in [-0.2, -0.15) is 0 Å². The first-order chi connectivity index (χ1) is 7.15. The van der Waals surface area contributed by atoms with Crippen molar-refractivity contribution in [2.24, 2.45) is 0 Å². The molecule has 2 rings (SSSR count). The smallest absolute Gasteiger partial charge is 0.133 e. The van der Waals surface area contributed by atoms with E-state index in [9.17, 15) is 4.21 Å². The predicted octanol–water partition coefficient (Wildman–Crippen LogP) is 0.886. The molecule has 4 nitrogen and oxygen atoms in total. The van der Waals surface area contributed by atoms with E-state index < -0.39 is 10.8 Å². The molecule has 15 heavy (non-hydrogen) atoms. The maximum Gasteiger partial charge on any atom is 0.133 e. The van der Waals surface area contributed by atoms with Crippen molar-refractivity contribution in [3.63, 3.8) is 0 Å². The summed E-state index contributed by atoms with van der Waals surface area (Å²) in [5, 5.41) is 0.400. The van der Waals surface area contributed by atoms with Crippen molar-refractivity contribution in [3.05, 3.63) is 17.3 Å². The van der Waals surface area contributed by atoms with Crippen LogP contribution in [0.1, 0.15) is 0 Å². The zero-order valence-corrected chi connectivity index (χ0v) is 9.72. The molecule has 2 N–H and O–H groups in total. The number of pyridine rings is 1. The van der Waals surface area contributed by atoms with Crippen LogP contribution in [0.5, 0.6) is 0 Å². The fourth-order valence-electron chi connectivity index (χ4n) is 1.53. The van der Waals surface area contributed by atoms with Gasteiger partial charge in [-0.25, -0.2) is 4.98 Å². The van der Waals surface area contributed by atoms with Gasteiger partial charge in [0.25, 0.3) is 0 Å². The molecule has 0 amide bonds. The minimum Gasteiger partial charge on any atom is -0.399 e. The van der Waals surface area contributed by atoms with E-state index in [1.807, 2.05) is 0 Å². The van der Waals surface area contributed by atoms with Crippen molar-refractivity contribution < 1.29 is 4.21 Å². The summed E-state index contributed by atoms with van der Waals surface area (Å²) in [7, 11) is -0.679. The number of rotatable bonds is 1. The van der Waals surface area contributed by atoms with Crippen LogP contribution in [0, 0.1) is 0 Å². The molecule has 82 valence electrons. The molecule has 0 aliphatic carbocycles. The highest BCUT2D eigenvalue weighted by molar-refractivity contribution is 7.85. The minimum atomic E-state index is -0.679. The molecule has 6 heteroatoms. The molecule has 2 heterocycles. The summed E-state index contributed by atoms with van der Waals surface area (Å²) < 4.78 is 11.2. The first-order valence-electron chi connectivity index (χ1n) is 4.68. The number of nitrogens with two attached hydrogens (primary N) is 1. The summed E-state index contributed by atoms with van der Waals surface area (Å²) in [4.78, 5) is 6.25. The first-order valence-corrected chi connectivity index (χ1v) is 6.55. The molecule has 0 bridgehead atoms. The SMILES string of the molecule is Nc1cc(Cl)nc(N2CCS(=O)CC2)c1. The molecule has 0 unspecified atom stereocenters. The highest BCUT2D eigenvalue weighted by Crippen LogP contribution is 2.20. The van der Waals surface area contributed by atoms with E-state index in [1.54, 1.807) is 12.1 Å². The Hall–Kier alpha value is -0.810. The largest absolute Gasteiger partial charge is 0.399 e. The van der Waals surface area contributed by atoms with Crippen LogP contribution in [0.25, 0.3) is 0 Å². The van der Waals surface area contributed by atoms with Crippen LogP contribution in [0.4, 0.5) is 11.5 Å². The number of halogens is 1. The van der Waals surface area contributed by atoms with Gasteiger partial charge in [0, 0.05) is 47.1 Å². The van der Waals surface area contributed by atoms with Crippen LogP contribution in [0.2, 0.25) is 5.15 Å².